The average Bonchev–Trinajstić information content (AvgIpc) is 2.10. The summed E-state index contributed by atoms with van der Waals surface area (Å²) in [6.45, 7) is 7.36. The molecule has 0 fully saturated rings. The van der Waals surface area contributed by atoms with Crippen LogP contribution in [0.15, 0.2) is 18.2 Å². The van der Waals surface area contributed by atoms with Crippen LogP contribution in [-0.4, -0.2) is 21.9 Å². The van der Waals surface area contributed by atoms with Gasteiger partial charge in [-0.05, 0) is 44.4 Å². The van der Waals surface area contributed by atoms with Gasteiger partial charge < -0.3 is 10.2 Å². The minimum atomic E-state index is -1.04. The summed E-state index contributed by atoms with van der Waals surface area (Å²) in [7, 11) is 0. The van der Waals surface area contributed by atoms with Crippen LogP contribution in [0.3, 0.4) is 0 Å². The van der Waals surface area contributed by atoms with Gasteiger partial charge in [-0.15, -0.1) is 0 Å². The zero-order valence-electron chi connectivity index (χ0n) is 9.91. The van der Waals surface area contributed by atoms with E-state index in [0.29, 0.717) is 6.42 Å². The first-order valence-corrected chi connectivity index (χ1v) is 5.27. The molecular weight excluding hydrogens is 188 g/mol. The third-order valence-corrected chi connectivity index (χ3v) is 2.82. The van der Waals surface area contributed by atoms with Crippen LogP contribution in [-0.2, 0) is 6.42 Å². The van der Waals surface area contributed by atoms with Crippen molar-refractivity contribution in [1.29, 1.82) is 0 Å². The molecule has 1 unspecified atom stereocenters. The Morgan fingerprint density at radius 2 is 1.80 bits per heavy atom. The quantitative estimate of drug-likeness (QED) is 0.797. The molecule has 0 amide bonds. The van der Waals surface area contributed by atoms with Gasteiger partial charge >= 0.3 is 0 Å². The number of hydrogen-bond acceptors (Lipinski definition) is 2. The molecule has 0 aliphatic heterocycles. The summed E-state index contributed by atoms with van der Waals surface area (Å²) < 4.78 is 0. The largest absolute Gasteiger partial charge is 0.390 e. The lowest BCUT2D eigenvalue weighted by Gasteiger charge is -2.24. The number of benzene rings is 1. The zero-order valence-corrected chi connectivity index (χ0v) is 9.91. The zero-order chi connectivity index (χ0) is 11.6. The smallest absolute Gasteiger partial charge is 0.0861 e. The number of aryl methyl sites for hydroxylation is 2. The Morgan fingerprint density at radius 1 is 1.20 bits per heavy atom. The van der Waals surface area contributed by atoms with E-state index < -0.39 is 11.7 Å². The fraction of sp³-hybridized carbons (Fsp3) is 0.538. The fourth-order valence-corrected chi connectivity index (χ4v) is 1.40. The second-order valence-electron chi connectivity index (χ2n) is 4.79. The van der Waals surface area contributed by atoms with E-state index in [-0.39, 0.29) is 0 Å². The van der Waals surface area contributed by atoms with Gasteiger partial charge in [0.2, 0.25) is 0 Å². The van der Waals surface area contributed by atoms with Crippen molar-refractivity contribution in [2.24, 2.45) is 0 Å². The molecular formula is C13H20O2. The topological polar surface area (TPSA) is 40.5 Å². The first-order valence-electron chi connectivity index (χ1n) is 5.27. The summed E-state index contributed by atoms with van der Waals surface area (Å²) in [5.41, 5.74) is 2.48. The Hall–Kier alpha value is -0.860. The van der Waals surface area contributed by atoms with E-state index in [0.717, 1.165) is 5.56 Å². The molecule has 1 atom stereocenters. The highest BCUT2D eigenvalue weighted by atomic mass is 16.3. The molecule has 0 radical (unpaired) electrons. The van der Waals surface area contributed by atoms with Gasteiger partial charge in [0.25, 0.3) is 0 Å². The predicted octanol–water partition coefficient (Wildman–Crippen LogP) is 1.98. The van der Waals surface area contributed by atoms with E-state index in [1.807, 2.05) is 12.1 Å². The van der Waals surface area contributed by atoms with Gasteiger partial charge in [-0.2, -0.15) is 0 Å². The first kappa shape index (κ1) is 12.2. The van der Waals surface area contributed by atoms with E-state index >= 15 is 0 Å². The van der Waals surface area contributed by atoms with Crippen LogP contribution in [0.4, 0.5) is 0 Å². The number of aliphatic hydroxyl groups excluding tert-OH is 1. The molecule has 0 saturated carbocycles. The Labute approximate surface area is 91.6 Å². The second-order valence-corrected chi connectivity index (χ2v) is 4.79. The van der Waals surface area contributed by atoms with Crippen molar-refractivity contribution in [3.63, 3.8) is 0 Å². The molecule has 0 heterocycles. The summed E-state index contributed by atoms with van der Waals surface area (Å²) in [5, 5.41) is 19.4. The SMILES string of the molecule is Cc1ccc(CC(O)C(C)(C)O)cc1C. The maximum absolute atomic E-state index is 9.75. The minimum absolute atomic E-state index is 0.491. The molecule has 0 aliphatic rings. The van der Waals surface area contributed by atoms with Crippen molar-refractivity contribution < 1.29 is 10.2 Å². The minimum Gasteiger partial charge on any atom is -0.390 e. The lowest BCUT2D eigenvalue weighted by atomic mass is 9.94. The van der Waals surface area contributed by atoms with Crippen LogP contribution < -0.4 is 0 Å². The molecule has 1 aromatic carbocycles. The average molecular weight is 208 g/mol. The third kappa shape index (κ3) is 3.33. The van der Waals surface area contributed by atoms with E-state index in [1.165, 1.54) is 11.1 Å². The lowest BCUT2D eigenvalue weighted by Crippen LogP contribution is -2.37. The second kappa shape index (κ2) is 4.33. The molecule has 1 rings (SSSR count). The first-order chi connectivity index (χ1) is 6.80. The van der Waals surface area contributed by atoms with E-state index in [4.69, 9.17) is 0 Å². The molecule has 0 spiro atoms. The Balaban J connectivity index is 2.78. The van der Waals surface area contributed by atoms with Crippen molar-refractivity contribution in [1.82, 2.24) is 0 Å². The van der Waals surface area contributed by atoms with Crippen LogP contribution in [0.1, 0.15) is 30.5 Å². The van der Waals surface area contributed by atoms with E-state index in [2.05, 4.69) is 19.9 Å². The normalized spacial score (nSPS) is 14.0. The van der Waals surface area contributed by atoms with Crippen LogP contribution in [0.25, 0.3) is 0 Å². The van der Waals surface area contributed by atoms with Crippen molar-refractivity contribution in [3.05, 3.63) is 34.9 Å². The van der Waals surface area contributed by atoms with Gasteiger partial charge in [-0.25, -0.2) is 0 Å². The van der Waals surface area contributed by atoms with Gasteiger partial charge in [-0.1, -0.05) is 18.2 Å². The molecule has 0 bridgehead atoms. The summed E-state index contributed by atoms with van der Waals surface area (Å²) >= 11 is 0. The predicted molar refractivity (Wildman–Crippen MR) is 61.9 cm³/mol. The monoisotopic (exact) mass is 208 g/mol. The lowest BCUT2D eigenvalue weighted by molar-refractivity contribution is -0.0469. The Morgan fingerprint density at radius 3 is 2.27 bits per heavy atom. The summed E-state index contributed by atoms with van der Waals surface area (Å²) in [5.74, 6) is 0. The van der Waals surface area contributed by atoms with Crippen LogP contribution in [0.2, 0.25) is 0 Å². The molecule has 2 nitrogen and oxygen atoms in total. The van der Waals surface area contributed by atoms with Crippen molar-refractivity contribution in [2.45, 2.75) is 45.8 Å². The number of hydrogen-bond donors (Lipinski definition) is 2. The van der Waals surface area contributed by atoms with Crippen LogP contribution >= 0.6 is 0 Å². The highest BCUT2D eigenvalue weighted by molar-refractivity contribution is 5.30. The summed E-state index contributed by atoms with van der Waals surface area (Å²) in [6.07, 6.45) is -0.232. The molecule has 84 valence electrons. The number of rotatable bonds is 3. The van der Waals surface area contributed by atoms with Crippen molar-refractivity contribution >= 4 is 0 Å². The molecule has 2 N–H and O–H groups in total. The highest BCUT2D eigenvalue weighted by Gasteiger charge is 2.24. The highest BCUT2D eigenvalue weighted by Crippen LogP contribution is 2.16. The Kier molecular flexibility index (Phi) is 3.53. The van der Waals surface area contributed by atoms with Crippen LogP contribution in [0, 0.1) is 13.8 Å². The van der Waals surface area contributed by atoms with Crippen molar-refractivity contribution in [2.75, 3.05) is 0 Å². The molecule has 0 aliphatic carbocycles. The fourth-order valence-electron chi connectivity index (χ4n) is 1.40. The van der Waals surface area contributed by atoms with Gasteiger partial charge in [0, 0.05) is 6.42 Å². The van der Waals surface area contributed by atoms with E-state index in [9.17, 15) is 10.2 Å². The molecule has 1 aromatic rings. The maximum atomic E-state index is 9.75. The molecule has 15 heavy (non-hydrogen) atoms. The molecule has 0 aromatic heterocycles. The molecule has 0 saturated heterocycles. The third-order valence-electron chi connectivity index (χ3n) is 2.82. The Bertz CT molecular complexity index is 337. The maximum Gasteiger partial charge on any atom is 0.0861 e. The van der Waals surface area contributed by atoms with Gasteiger partial charge in [-0.3, -0.25) is 0 Å². The van der Waals surface area contributed by atoms with Crippen molar-refractivity contribution in [3.8, 4) is 0 Å². The van der Waals surface area contributed by atoms with Crippen LogP contribution in [0.5, 0.6) is 0 Å². The van der Waals surface area contributed by atoms with Gasteiger partial charge in [0.15, 0.2) is 0 Å². The van der Waals surface area contributed by atoms with Gasteiger partial charge in [0.1, 0.15) is 0 Å². The molecule has 2 heteroatoms. The summed E-state index contributed by atoms with van der Waals surface area (Å²) in [4.78, 5) is 0. The van der Waals surface area contributed by atoms with Gasteiger partial charge in [0.05, 0.1) is 11.7 Å². The number of aliphatic hydroxyl groups is 2. The van der Waals surface area contributed by atoms with E-state index in [1.54, 1.807) is 13.8 Å². The summed E-state index contributed by atoms with van der Waals surface area (Å²) in [6, 6.07) is 6.10. The standard InChI is InChI=1S/C13H20O2/c1-9-5-6-11(7-10(9)2)8-12(14)13(3,4)15/h5-7,12,14-15H,8H2,1-4H3.